The SMILES string of the molecule is O=C(O)C1(NCC2CC2)CCc2cc(F)ccc21. The largest absolute Gasteiger partial charge is 0.480 e. The molecule has 1 unspecified atom stereocenters. The number of hydrogen-bond acceptors (Lipinski definition) is 2. The minimum Gasteiger partial charge on any atom is -0.480 e. The van der Waals surface area contributed by atoms with E-state index in [1.807, 2.05) is 0 Å². The number of carboxylic acid groups (broad SMARTS) is 1. The Labute approximate surface area is 105 Å². The van der Waals surface area contributed by atoms with Crippen LogP contribution in [0.2, 0.25) is 0 Å². The molecule has 1 aromatic rings. The molecule has 2 aliphatic carbocycles. The topological polar surface area (TPSA) is 49.3 Å². The molecule has 0 spiro atoms. The van der Waals surface area contributed by atoms with Crippen molar-refractivity contribution in [3.63, 3.8) is 0 Å². The summed E-state index contributed by atoms with van der Waals surface area (Å²) in [6.45, 7) is 0.739. The van der Waals surface area contributed by atoms with Gasteiger partial charge in [0.1, 0.15) is 11.4 Å². The summed E-state index contributed by atoms with van der Waals surface area (Å²) in [5.41, 5.74) is 0.545. The highest BCUT2D eigenvalue weighted by Gasteiger charge is 2.46. The quantitative estimate of drug-likeness (QED) is 0.858. The van der Waals surface area contributed by atoms with Crippen LogP contribution in [0.3, 0.4) is 0 Å². The summed E-state index contributed by atoms with van der Waals surface area (Å²) in [7, 11) is 0. The lowest BCUT2D eigenvalue weighted by molar-refractivity contribution is -0.145. The number of aliphatic carboxylic acids is 1. The van der Waals surface area contributed by atoms with E-state index in [-0.39, 0.29) is 5.82 Å². The van der Waals surface area contributed by atoms with Gasteiger partial charge in [0.15, 0.2) is 0 Å². The van der Waals surface area contributed by atoms with Crippen LogP contribution in [0.5, 0.6) is 0 Å². The Hall–Kier alpha value is -1.42. The Morgan fingerprint density at radius 1 is 1.50 bits per heavy atom. The number of halogens is 1. The predicted octanol–water partition coefficient (Wildman–Crippen LogP) is 2.05. The van der Waals surface area contributed by atoms with Gasteiger partial charge in [-0.05, 0) is 61.4 Å². The van der Waals surface area contributed by atoms with Crippen LogP contribution in [0.4, 0.5) is 4.39 Å². The monoisotopic (exact) mass is 249 g/mol. The van der Waals surface area contributed by atoms with Gasteiger partial charge >= 0.3 is 5.97 Å². The van der Waals surface area contributed by atoms with Crippen LogP contribution in [-0.2, 0) is 16.8 Å². The molecule has 1 aromatic carbocycles. The van der Waals surface area contributed by atoms with Crippen molar-refractivity contribution in [2.75, 3.05) is 6.54 Å². The highest BCUT2D eigenvalue weighted by Crippen LogP contribution is 2.39. The molecule has 96 valence electrons. The van der Waals surface area contributed by atoms with Crippen molar-refractivity contribution in [3.8, 4) is 0 Å². The van der Waals surface area contributed by atoms with Crippen LogP contribution in [-0.4, -0.2) is 17.6 Å². The minimum absolute atomic E-state index is 0.294. The highest BCUT2D eigenvalue weighted by atomic mass is 19.1. The van der Waals surface area contributed by atoms with E-state index in [9.17, 15) is 14.3 Å². The maximum Gasteiger partial charge on any atom is 0.328 e. The standard InChI is InChI=1S/C14H16FNO2/c15-11-3-4-12-10(7-11)5-6-14(12,13(17)18)16-8-9-1-2-9/h3-4,7,9,16H,1-2,5-6,8H2,(H,17,18). The van der Waals surface area contributed by atoms with Crippen LogP contribution in [0, 0.1) is 11.7 Å². The van der Waals surface area contributed by atoms with E-state index in [1.165, 1.54) is 25.0 Å². The molecule has 4 heteroatoms. The van der Waals surface area contributed by atoms with Gasteiger partial charge in [0.2, 0.25) is 0 Å². The van der Waals surface area contributed by atoms with Crippen LogP contribution in [0.15, 0.2) is 18.2 Å². The third-order valence-corrected chi connectivity index (χ3v) is 4.05. The number of carbonyl (C=O) groups is 1. The summed E-state index contributed by atoms with van der Waals surface area (Å²) in [5.74, 6) is -0.531. The first-order valence-electron chi connectivity index (χ1n) is 6.39. The smallest absolute Gasteiger partial charge is 0.328 e. The molecule has 2 aliphatic rings. The summed E-state index contributed by atoms with van der Waals surface area (Å²) < 4.78 is 13.2. The second kappa shape index (κ2) is 4.05. The van der Waals surface area contributed by atoms with Gasteiger partial charge in [0.25, 0.3) is 0 Å². The van der Waals surface area contributed by atoms with Crippen molar-refractivity contribution in [2.45, 2.75) is 31.2 Å². The maximum absolute atomic E-state index is 13.2. The second-order valence-corrected chi connectivity index (χ2v) is 5.34. The lowest BCUT2D eigenvalue weighted by Crippen LogP contribution is -2.48. The molecule has 0 amide bonds. The molecule has 2 N–H and O–H groups in total. The number of rotatable bonds is 4. The number of carboxylic acids is 1. The molecule has 18 heavy (non-hydrogen) atoms. The molecule has 3 nitrogen and oxygen atoms in total. The number of aryl methyl sites for hydroxylation is 1. The fourth-order valence-electron chi connectivity index (χ4n) is 2.76. The van der Waals surface area contributed by atoms with E-state index in [2.05, 4.69) is 5.32 Å². The zero-order valence-corrected chi connectivity index (χ0v) is 10.1. The fraction of sp³-hybridized carbons (Fsp3) is 0.500. The molecule has 0 saturated heterocycles. The normalized spacial score (nSPS) is 26.1. The fourth-order valence-corrected chi connectivity index (χ4v) is 2.76. The molecule has 1 saturated carbocycles. The number of nitrogens with one attached hydrogen (secondary N) is 1. The average molecular weight is 249 g/mol. The predicted molar refractivity (Wildman–Crippen MR) is 64.8 cm³/mol. The van der Waals surface area contributed by atoms with E-state index in [1.54, 1.807) is 6.07 Å². The van der Waals surface area contributed by atoms with Crippen LogP contribution >= 0.6 is 0 Å². The first kappa shape index (κ1) is 11.7. The number of benzene rings is 1. The Morgan fingerprint density at radius 2 is 2.28 bits per heavy atom. The second-order valence-electron chi connectivity index (χ2n) is 5.34. The lowest BCUT2D eigenvalue weighted by Gasteiger charge is -2.27. The highest BCUT2D eigenvalue weighted by molar-refractivity contribution is 5.82. The van der Waals surface area contributed by atoms with E-state index in [4.69, 9.17) is 0 Å². The summed E-state index contributed by atoms with van der Waals surface area (Å²) in [5, 5.41) is 12.8. The van der Waals surface area contributed by atoms with Crippen molar-refractivity contribution in [1.82, 2.24) is 5.32 Å². The van der Waals surface area contributed by atoms with Gasteiger partial charge in [0, 0.05) is 0 Å². The summed E-state index contributed by atoms with van der Waals surface area (Å²) in [6, 6.07) is 4.42. The van der Waals surface area contributed by atoms with E-state index in [0.29, 0.717) is 18.8 Å². The van der Waals surface area contributed by atoms with Gasteiger partial charge in [-0.3, -0.25) is 5.32 Å². The molecule has 0 heterocycles. The molecule has 3 rings (SSSR count). The Kier molecular flexibility index (Phi) is 2.63. The van der Waals surface area contributed by atoms with Gasteiger partial charge in [0.05, 0.1) is 0 Å². The molecular weight excluding hydrogens is 233 g/mol. The molecule has 0 radical (unpaired) electrons. The average Bonchev–Trinajstić information content (AvgIpc) is 3.08. The Balaban J connectivity index is 1.94. The van der Waals surface area contributed by atoms with Crippen molar-refractivity contribution >= 4 is 5.97 Å². The van der Waals surface area contributed by atoms with Crippen LogP contribution < -0.4 is 5.32 Å². The van der Waals surface area contributed by atoms with E-state index < -0.39 is 11.5 Å². The van der Waals surface area contributed by atoms with Gasteiger partial charge in [-0.25, -0.2) is 9.18 Å². The van der Waals surface area contributed by atoms with Gasteiger partial charge in [-0.15, -0.1) is 0 Å². The third-order valence-electron chi connectivity index (χ3n) is 4.05. The van der Waals surface area contributed by atoms with Crippen molar-refractivity contribution in [2.24, 2.45) is 5.92 Å². The van der Waals surface area contributed by atoms with E-state index >= 15 is 0 Å². The summed E-state index contributed by atoms with van der Waals surface area (Å²) >= 11 is 0. The van der Waals surface area contributed by atoms with Crippen molar-refractivity contribution < 1.29 is 14.3 Å². The van der Waals surface area contributed by atoms with Crippen molar-refractivity contribution in [1.29, 1.82) is 0 Å². The third kappa shape index (κ3) is 1.81. The lowest BCUT2D eigenvalue weighted by atomic mass is 9.91. The maximum atomic E-state index is 13.2. The van der Waals surface area contributed by atoms with Gasteiger partial charge in [-0.2, -0.15) is 0 Å². The Bertz CT molecular complexity index is 499. The zero-order valence-electron chi connectivity index (χ0n) is 10.1. The van der Waals surface area contributed by atoms with Crippen LogP contribution in [0.1, 0.15) is 30.4 Å². The number of fused-ring (bicyclic) bond motifs is 1. The molecular formula is C14H16FNO2. The summed E-state index contributed by atoms with van der Waals surface area (Å²) in [4.78, 5) is 11.6. The number of hydrogen-bond donors (Lipinski definition) is 2. The van der Waals surface area contributed by atoms with Crippen LogP contribution in [0.25, 0.3) is 0 Å². The summed E-state index contributed by atoms with van der Waals surface area (Å²) in [6.07, 6.45) is 3.49. The molecule has 0 aromatic heterocycles. The molecule has 1 atom stereocenters. The van der Waals surface area contributed by atoms with Gasteiger partial charge in [-0.1, -0.05) is 6.07 Å². The molecule has 0 bridgehead atoms. The zero-order chi connectivity index (χ0) is 12.8. The van der Waals surface area contributed by atoms with Crippen molar-refractivity contribution in [3.05, 3.63) is 35.1 Å². The first-order valence-corrected chi connectivity index (χ1v) is 6.39. The first-order chi connectivity index (χ1) is 8.62. The van der Waals surface area contributed by atoms with Gasteiger partial charge < -0.3 is 5.11 Å². The minimum atomic E-state index is -1.01. The van der Waals surface area contributed by atoms with E-state index in [0.717, 1.165) is 17.7 Å². The molecule has 1 fully saturated rings. The Morgan fingerprint density at radius 3 is 2.94 bits per heavy atom. The molecule has 0 aliphatic heterocycles.